The van der Waals surface area contributed by atoms with Crippen molar-refractivity contribution >= 4 is 16.6 Å². The van der Waals surface area contributed by atoms with E-state index in [1.807, 2.05) is 0 Å². The molecule has 1 N–H and O–H groups in total. The van der Waals surface area contributed by atoms with Gasteiger partial charge in [-0.15, -0.1) is 0 Å². The van der Waals surface area contributed by atoms with Gasteiger partial charge in [0.05, 0.1) is 39.7 Å². The standard InChI is InChI=1S/C25H22F6N6O2/c1-14(34-20-13-33-36(2)23(39)21(20)25(29,30)31)4-3-10-37-11-9-17-16(22(37)38)6-8-19(35-17)18-7-5-15(12-32-18)24(26,27)28/h5-9,11-14,34H,3-4,10H2,1-2H3/t14-/m0/s1. The van der Waals surface area contributed by atoms with Crippen molar-refractivity contribution in [3.05, 3.63) is 80.8 Å². The highest BCUT2D eigenvalue weighted by molar-refractivity contribution is 5.80. The zero-order valence-electron chi connectivity index (χ0n) is 20.6. The lowest BCUT2D eigenvalue weighted by Crippen LogP contribution is -2.31. The molecule has 0 unspecified atom stereocenters. The van der Waals surface area contributed by atoms with Gasteiger partial charge < -0.3 is 9.88 Å². The van der Waals surface area contributed by atoms with Gasteiger partial charge >= 0.3 is 12.4 Å². The van der Waals surface area contributed by atoms with Crippen LogP contribution in [-0.4, -0.2) is 30.4 Å². The van der Waals surface area contributed by atoms with E-state index in [1.165, 1.54) is 29.0 Å². The van der Waals surface area contributed by atoms with Crippen molar-refractivity contribution in [3.63, 3.8) is 0 Å². The Morgan fingerprint density at radius 3 is 2.28 bits per heavy atom. The van der Waals surface area contributed by atoms with Crippen molar-refractivity contribution in [2.45, 2.75) is 44.7 Å². The van der Waals surface area contributed by atoms with Gasteiger partial charge in [-0.25, -0.2) is 9.67 Å². The molecular weight excluding hydrogens is 530 g/mol. The lowest BCUT2D eigenvalue weighted by Gasteiger charge is -2.19. The Kier molecular flexibility index (Phi) is 7.48. The normalized spacial score (nSPS) is 13.0. The molecule has 206 valence electrons. The topological polar surface area (TPSA) is 94.7 Å². The average molecular weight is 552 g/mol. The molecule has 4 aromatic rings. The molecule has 0 aliphatic rings. The molecule has 0 bridgehead atoms. The smallest absolute Gasteiger partial charge is 0.381 e. The molecule has 0 saturated carbocycles. The third-order valence-electron chi connectivity index (χ3n) is 6.04. The number of nitrogens with one attached hydrogen (secondary N) is 1. The van der Waals surface area contributed by atoms with Crippen LogP contribution in [0.2, 0.25) is 0 Å². The molecule has 0 spiro atoms. The summed E-state index contributed by atoms with van der Waals surface area (Å²) in [5.74, 6) is 0. The Balaban J connectivity index is 1.44. The number of aryl methyl sites for hydroxylation is 2. The highest BCUT2D eigenvalue weighted by Gasteiger charge is 2.38. The highest BCUT2D eigenvalue weighted by Crippen LogP contribution is 2.32. The number of aromatic nitrogens is 5. The Labute approximate surface area is 216 Å². The van der Waals surface area contributed by atoms with Crippen molar-refractivity contribution in [2.24, 2.45) is 7.05 Å². The summed E-state index contributed by atoms with van der Waals surface area (Å²) >= 11 is 0. The molecule has 4 rings (SSSR count). The molecule has 0 aliphatic heterocycles. The highest BCUT2D eigenvalue weighted by atomic mass is 19.4. The van der Waals surface area contributed by atoms with Crippen molar-refractivity contribution in [3.8, 4) is 11.4 Å². The van der Waals surface area contributed by atoms with Crippen LogP contribution < -0.4 is 16.4 Å². The number of pyridine rings is 3. The van der Waals surface area contributed by atoms with Crippen LogP contribution in [0.4, 0.5) is 32.0 Å². The molecule has 4 heterocycles. The van der Waals surface area contributed by atoms with E-state index in [0.29, 0.717) is 40.3 Å². The molecule has 1 atom stereocenters. The predicted octanol–water partition coefficient (Wildman–Crippen LogP) is 4.87. The van der Waals surface area contributed by atoms with Crippen LogP contribution in [0.3, 0.4) is 0 Å². The minimum absolute atomic E-state index is 0.218. The number of hydrogen-bond acceptors (Lipinski definition) is 6. The molecule has 0 amide bonds. The summed E-state index contributed by atoms with van der Waals surface area (Å²) in [5, 5.41) is 6.63. The first-order valence-electron chi connectivity index (χ1n) is 11.7. The second kappa shape index (κ2) is 10.5. The SMILES string of the molecule is C[C@@H](CCCn1ccc2nc(-c3ccc(C(F)(F)F)cn3)ccc2c1=O)Nc1cnn(C)c(=O)c1C(F)(F)F. The van der Waals surface area contributed by atoms with Gasteiger partial charge in [0.15, 0.2) is 0 Å². The second-order valence-corrected chi connectivity index (χ2v) is 8.92. The Bertz CT molecular complexity index is 1610. The Morgan fingerprint density at radius 2 is 1.64 bits per heavy atom. The van der Waals surface area contributed by atoms with Crippen LogP contribution in [0.1, 0.15) is 30.9 Å². The van der Waals surface area contributed by atoms with E-state index in [9.17, 15) is 35.9 Å². The first-order chi connectivity index (χ1) is 18.3. The van der Waals surface area contributed by atoms with Crippen molar-refractivity contribution in [1.29, 1.82) is 0 Å². The van der Waals surface area contributed by atoms with Gasteiger partial charge in [0.1, 0.15) is 5.56 Å². The van der Waals surface area contributed by atoms with Gasteiger partial charge in [0.2, 0.25) is 0 Å². The lowest BCUT2D eigenvalue weighted by atomic mass is 10.1. The number of fused-ring (bicyclic) bond motifs is 1. The van der Waals surface area contributed by atoms with Gasteiger partial charge in [-0.3, -0.25) is 14.6 Å². The zero-order chi connectivity index (χ0) is 28.5. The summed E-state index contributed by atoms with van der Waals surface area (Å²) in [6.45, 7) is 1.92. The first-order valence-corrected chi connectivity index (χ1v) is 11.7. The van der Waals surface area contributed by atoms with Gasteiger partial charge in [0.25, 0.3) is 11.1 Å². The second-order valence-electron chi connectivity index (χ2n) is 8.92. The maximum Gasteiger partial charge on any atom is 0.423 e. The third-order valence-corrected chi connectivity index (χ3v) is 6.04. The van der Waals surface area contributed by atoms with E-state index >= 15 is 0 Å². The van der Waals surface area contributed by atoms with Crippen LogP contribution in [0.15, 0.2) is 58.5 Å². The number of anilines is 1. The largest absolute Gasteiger partial charge is 0.423 e. The summed E-state index contributed by atoms with van der Waals surface area (Å²) < 4.78 is 80.6. The molecule has 39 heavy (non-hydrogen) atoms. The van der Waals surface area contributed by atoms with Crippen LogP contribution in [0, 0.1) is 0 Å². The maximum absolute atomic E-state index is 13.4. The van der Waals surface area contributed by atoms with Crippen molar-refractivity contribution in [1.82, 2.24) is 24.3 Å². The summed E-state index contributed by atoms with van der Waals surface area (Å²) in [7, 11) is 1.13. The fraction of sp³-hybridized carbons (Fsp3) is 0.320. The Morgan fingerprint density at radius 1 is 0.923 bits per heavy atom. The van der Waals surface area contributed by atoms with Crippen molar-refractivity contribution < 1.29 is 26.3 Å². The lowest BCUT2D eigenvalue weighted by molar-refractivity contribution is -0.139. The molecule has 0 aliphatic carbocycles. The van der Waals surface area contributed by atoms with E-state index < -0.39 is 40.8 Å². The molecule has 0 radical (unpaired) electrons. The number of halogens is 6. The number of hydrogen-bond donors (Lipinski definition) is 1. The Hall–Kier alpha value is -4.23. The number of rotatable bonds is 7. The van der Waals surface area contributed by atoms with Gasteiger partial charge in [-0.2, -0.15) is 31.4 Å². The monoisotopic (exact) mass is 552 g/mol. The van der Waals surface area contributed by atoms with Crippen molar-refractivity contribution in [2.75, 3.05) is 5.32 Å². The summed E-state index contributed by atoms with van der Waals surface area (Å²) in [5.41, 5.74) is -3.36. The van der Waals surface area contributed by atoms with E-state index in [2.05, 4.69) is 20.4 Å². The minimum Gasteiger partial charge on any atom is -0.381 e. The van der Waals surface area contributed by atoms with Gasteiger partial charge in [-0.05, 0) is 50.1 Å². The first kappa shape index (κ1) is 27.8. The minimum atomic E-state index is -4.85. The quantitative estimate of drug-likeness (QED) is 0.329. The average Bonchev–Trinajstić information content (AvgIpc) is 2.86. The van der Waals surface area contributed by atoms with E-state index in [-0.39, 0.29) is 17.8 Å². The molecule has 0 fully saturated rings. The predicted molar refractivity (Wildman–Crippen MR) is 131 cm³/mol. The van der Waals surface area contributed by atoms with Gasteiger partial charge in [-0.1, -0.05) is 0 Å². The van der Waals surface area contributed by atoms with E-state index in [4.69, 9.17) is 0 Å². The van der Waals surface area contributed by atoms with Crippen LogP contribution in [0.25, 0.3) is 22.3 Å². The molecule has 0 saturated heterocycles. The third kappa shape index (κ3) is 6.10. The number of alkyl halides is 6. The zero-order valence-corrected chi connectivity index (χ0v) is 20.6. The molecule has 8 nitrogen and oxygen atoms in total. The molecule has 4 aromatic heterocycles. The summed E-state index contributed by atoms with van der Waals surface area (Å²) in [6.07, 6.45) is -5.36. The van der Waals surface area contributed by atoms with E-state index in [1.54, 1.807) is 13.0 Å². The number of nitrogens with zero attached hydrogens (tertiary/aromatic N) is 5. The molecule has 14 heteroatoms. The fourth-order valence-electron chi connectivity index (χ4n) is 4.02. The van der Waals surface area contributed by atoms with Gasteiger partial charge in [0, 0.05) is 32.0 Å². The van der Waals surface area contributed by atoms with Crippen LogP contribution in [-0.2, 0) is 25.9 Å². The molecule has 0 aromatic carbocycles. The summed E-state index contributed by atoms with van der Waals surface area (Å²) in [6, 6.07) is 6.24. The maximum atomic E-state index is 13.4. The van der Waals surface area contributed by atoms with Crippen LogP contribution in [0.5, 0.6) is 0 Å². The van der Waals surface area contributed by atoms with E-state index in [0.717, 1.165) is 19.3 Å². The summed E-state index contributed by atoms with van der Waals surface area (Å²) in [4.78, 5) is 33.0. The molecular formula is C25H22F6N6O2. The fourth-order valence-corrected chi connectivity index (χ4v) is 4.02. The van der Waals surface area contributed by atoms with Crippen LogP contribution >= 0.6 is 0 Å².